The summed E-state index contributed by atoms with van der Waals surface area (Å²) in [6.45, 7) is 2.53. The van der Waals surface area contributed by atoms with Crippen LogP contribution in [-0.4, -0.2) is 35.1 Å². The van der Waals surface area contributed by atoms with Gasteiger partial charge in [-0.3, -0.25) is 4.79 Å². The lowest BCUT2D eigenvalue weighted by Gasteiger charge is -2.12. The van der Waals surface area contributed by atoms with Gasteiger partial charge in [-0.25, -0.2) is 13.1 Å². The van der Waals surface area contributed by atoms with Crippen molar-refractivity contribution in [3.63, 3.8) is 0 Å². The lowest BCUT2D eigenvalue weighted by molar-refractivity contribution is -0.115. The van der Waals surface area contributed by atoms with E-state index in [-0.39, 0.29) is 23.3 Å². The molecular formula is C25H29N3O3S. The molecular weight excluding hydrogens is 422 g/mol. The molecule has 1 fully saturated rings. The van der Waals surface area contributed by atoms with Crippen LogP contribution in [0.3, 0.4) is 0 Å². The maximum atomic E-state index is 12.7. The van der Waals surface area contributed by atoms with Gasteiger partial charge in [0.1, 0.15) is 5.82 Å². The first-order valence-corrected chi connectivity index (χ1v) is 12.8. The molecule has 4 rings (SSSR count). The summed E-state index contributed by atoms with van der Waals surface area (Å²) in [5, 5.41) is 7.34. The Morgan fingerprint density at radius 3 is 2.53 bits per heavy atom. The fourth-order valence-electron chi connectivity index (χ4n) is 4.19. The zero-order valence-corrected chi connectivity index (χ0v) is 19.1. The van der Waals surface area contributed by atoms with Gasteiger partial charge in [0.2, 0.25) is 5.91 Å². The number of carbonyl (C=O) groups excluding carboxylic acids is 1. The number of sulfone groups is 1. The number of amides is 1. The second kappa shape index (κ2) is 9.69. The van der Waals surface area contributed by atoms with Gasteiger partial charge in [0, 0.05) is 18.1 Å². The van der Waals surface area contributed by atoms with Gasteiger partial charge in [0.15, 0.2) is 9.84 Å². The molecule has 1 N–H and O–H groups in total. The van der Waals surface area contributed by atoms with E-state index in [9.17, 15) is 13.2 Å². The summed E-state index contributed by atoms with van der Waals surface area (Å²) < 4.78 is 26.8. The SMILES string of the molecule is Cc1cccc(-c2cc(NC(=O)CCS(=O)(=O)C3CCCC3)n(Cc3ccccc3)n2)c1. The molecule has 168 valence electrons. The molecule has 0 spiro atoms. The van der Waals surface area contributed by atoms with Gasteiger partial charge >= 0.3 is 0 Å². The molecule has 0 atom stereocenters. The first-order chi connectivity index (χ1) is 15.4. The number of anilines is 1. The minimum atomic E-state index is -3.23. The molecule has 0 radical (unpaired) electrons. The van der Waals surface area contributed by atoms with E-state index >= 15 is 0 Å². The normalized spacial score (nSPS) is 14.5. The van der Waals surface area contributed by atoms with E-state index < -0.39 is 9.84 Å². The van der Waals surface area contributed by atoms with Crippen LogP contribution in [0.1, 0.15) is 43.2 Å². The van der Waals surface area contributed by atoms with E-state index in [4.69, 9.17) is 5.10 Å². The maximum absolute atomic E-state index is 12.7. The number of nitrogens with zero attached hydrogens (tertiary/aromatic N) is 2. The highest BCUT2D eigenvalue weighted by atomic mass is 32.2. The van der Waals surface area contributed by atoms with Crippen molar-refractivity contribution in [3.8, 4) is 11.3 Å². The van der Waals surface area contributed by atoms with Crippen LogP contribution in [0.2, 0.25) is 0 Å². The Kier molecular flexibility index (Phi) is 6.74. The number of rotatable bonds is 8. The quantitative estimate of drug-likeness (QED) is 0.543. The monoisotopic (exact) mass is 451 g/mol. The van der Waals surface area contributed by atoms with E-state index in [0.717, 1.165) is 35.2 Å². The van der Waals surface area contributed by atoms with Gasteiger partial charge in [-0.2, -0.15) is 5.10 Å². The highest BCUT2D eigenvalue weighted by Gasteiger charge is 2.29. The van der Waals surface area contributed by atoms with Gasteiger partial charge in [-0.15, -0.1) is 0 Å². The smallest absolute Gasteiger partial charge is 0.226 e. The van der Waals surface area contributed by atoms with Crippen LogP contribution in [0.15, 0.2) is 60.7 Å². The van der Waals surface area contributed by atoms with Gasteiger partial charge in [0.25, 0.3) is 0 Å². The molecule has 1 amide bonds. The zero-order valence-electron chi connectivity index (χ0n) is 18.3. The number of benzene rings is 2. The molecule has 32 heavy (non-hydrogen) atoms. The zero-order chi connectivity index (χ0) is 22.6. The number of hydrogen-bond donors (Lipinski definition) is 1. The summed E-state index contributed by atoms with van der Waals surface area (Å²) in [5.74, 6) is 0.145. The third-order valence-electron chi connectivity index (χ3n) is 5.96. The Labute approximate surface area is 189 Å². The molecule has 0 aliphatic heterocycles. The minimum Gasteiger partial charge on any atom is -0.311 e. The maximum Gasteiger partial charge on any atom is 0.226 e. The predicted molar refractivity (Wildman–Crippen MR) is 127 cm³/mol. The minimum absolute atomic E-state index is 0.0465. The summed E-state index contributed by atoms with van der Waals surface area (Å²) in [6, 6.07) is 19.8. The Balaban J connectivity index is 1.52. The van der Waals surface area contributed by atoms with Crippen LogP contribution in [0.25, 0.3) is 11.3 Å². The van der Waals surface area contributed by atoms with Crippen LogP contribution in [-0.2, 0) is 21.2 Å². The van der Waals surface area contributed by atoms with Crippen LogP contribution >= 0.6 is 0 Å². The first-order valence-electron chi connectivity index (χ1n) is 11.1. The largest absolute Gasteiger partial charge is 0.311 e. The number of nitrogens with one attached hydrogen (secondary N) is 1. The Morgan fingerprint density at radius 2 is 1.81 bits per heavy atom. The van der Waals surface area contributed by atoms with Crippen molar-refractivity contribution in [2.45, 2.75) is 50.8 Å². The van der Waals surface area contributed by atoms with Crippen molar-refractivity contribution in [3.05, 3.63) is 71.8 Å². The summed E-state index contributed by atoms with van der Waals surface area (Å²) >= 11 is 0. The third-order valence-corrected chi connectivity index (χ3v) is 8.22. The standard InChI is InChI=1S/C25H29N3O3S/c1-19-8-7-11-21(16-19)23-17-24(28(27-23)18-20-9-3-2-4-10-20)26-25(29)14-15-32(30,31)22-12-5-6-13-22/h2-4,7-11,16-17,22H,5-6,12-15,18H2,1H3,(H,26,29). The highest BCUT2D eigenvalue weighted by molar-refractivity contribution is 7.92. The van der Waals surface area contributed by atoms with E-state index in [1.54, 1.807) is 4.68 Å². The summed E-state index contributed by atoms with van der Waals surface area (Å²) in [6.07, 6.45) is 3.30. The highest BCUT2D eigenvalue weighted by Crippen LogP contribution is 2.26. The Morgan fingerprint density at radius 1 is 1.06 bits per heavy atom. The molecule has 0 unspecified atom stereocenters. The van der Waals surface area contributed by atoms with Crippen LogP contribution in [0, 0.1) is 6.92 Å². The molecule has 7 heteroatoms. The molecule has 1 aliphatic rings. The predicted octanol–water partition coefficient (Wildman–Crippen LogP) is 4.59. The van der Waals surface area contributed by atoms with Crippen LogP contribution in [0.4, 0.5) is 5.82 Å². The van der Waals surface area contributed by atoms with E-state index in [0.29, 0.717) is 25.2 Å². The van der Waals surface area contributed by atoms with Crippen molar-refractivity contribution >= 4 is 21.6 Å². The topological polar surface area (TPSA) is 81.1 Å². The molecule has 1 aliphatic carbocycles. The fraction of sp³-hybridized carbons (Fsp3) is 0.360. The Bertz CT molecular complexity index is 1180. The van der Waals surface area contributed by atoms with E-state index in [2.05, 4.69) is 11.4 Å². The van der Waals surface area contributed by atoms with Crippen LogP contribution < -0.4 is 5.32 Å². The number of aromatic nitrogens is 2. The van der Waals surface area contributed by atoms with Gasteiger partial charge < -0.3 is 5.32 Å². The lowest BCUT2D eigenvalue weighted by atomic mass is 10.1. The van der Waals surface area contributed by atoms with Crippen molar-refractivity contribution in [1.82, 2.24) is 9.78 Å². The van der Waals surface area contributed by atoms with Gasteiger partial charge in [-0.05, 0) is 31.4 Å². The average Bonchev–Trinajstić information content (AvgIpc) is 3.45. The summed E-state index contributed by atoms with van der Waals surface area (Å²) in [5.41, 5.74) is 3.92. The van der Waals surface area contributed by atoms with Crippen molar-refractivity contribution in [2.75, 3.05) is 11.1 Å². The molecule has 3 aromatic rings. The first kappa shape index (κ1) is 22.3. The molecule has 2 aromatic carbocycles. The molecule has 6 nitrogen and oxygen atoms in total. The molecule has 1 heterocycles. The summed E-state index contributed by atoms with van der Waals surface area (Å²) in [7, 11) is -3.23. The number of aryl methyl sites for hydroxylation is 1. The Hall–Kier alpha value is -2.93. The lowest BCUT2D eigenvalue weighted by Crippen LogP contribution is -2.25. The second-order valence-electron chi connectivity index (χ2n) is 8.50. The van der Waals surface area contributed by atoms with Gasteiger partial charge in [0.05, 0.1) is 23.2 Å². The molecule has 0 bridgehead atoms. The molecule has 1 saturated carbocycles. The van der Waals surface area contributed by atoms with E-state index in [1.807, 2.05) is 61.5 Å². The van der Waals surface area contributed by atoms with Crippen molar-refractivity contribution in [2.24, 2.45) is 0 Å². The van der Waals surface area contributed by atoms with Crippen molar-refractivity contribution in [1.29, 1.82) is 0 Å². The summed E-state index contributed by atoms with van der Waals surface area (Å²) in [4.78, 5) is 12.7. The molecule has 0 saturated heterocycles. The second-order valence-corrected chi connectivity index (χ2v) is 10.9. The average molecular weight is 452 g/mol. The van der Waals surface area contributed by atoms with E-state index in [1.165, 1.54) is 0 Å². The van der Waals surface area contributed by atoms with Crippen molar-refractivity contribution < 1.29 is 13.2 Å². The van der Waals surface area contributed by atoms with Crippen LogP contribution in [0.5, 0.6) is 0 Å². The third kappa shape index (κ3) is 5.46. The molecule has 1 aromatic heterocycles. The fourth-order valence-corrected chi connectivity index (χ4v) is 6.05. The number of hydrogen-bond acceptors (Lipinski definition) is 4. The number of carbonyl (C=O) groups is 1. The van der Waals surface area contributed by atoms with Gasteiger partial charge in [-0.1, -0.05) is 66.9 Å².